The van der Waals surface area contributed by atoms with Crippen LogP contribution in [0.4, 0.5) is 8.78 Å². The van der Waals surface area contributed by atoms with E-state index in [1.165, 1.54) is 31.2 Å². The second-order valence-electron chi connectivity index (χ2n) is 8.81. The van der Waals surface area contributed by atoms with Crippen LogP contribution in [0.3, 0.4) is 0 Å². The Morgan fingerprint density at radius 2 is 1.71 bits per heavy atom. The quantitative estimate of drug-likeness (QED) is 0.335. The maximum Gasteiger partial charge on any atom is 0.166 e. The van der Waals surface area contributed by atoms with E-state index >= 15 is 0 Å². The maximum absolute atomic E-state index is 14.8. The van der Waals surface area contributed by atoms with Crippen LogP contribution in [-0.4, -0.2) is 0 Å². The minimum atomic E-state index is -0.733. The molecule has 0 heterocycles. The van der Waals surface area contributed by atoms with Gasteiger partial charge in [0.2, 0.25) is 0 Å². The molecule has 0 fully saturated rings. The lowest BCUT2D eigenvalue weighted by atomic mass is 9.87. The van der Waals surface area contributed by atoms with E-state index in [2.05, 4.69) is 32.1 Å². The number of aryl methyl sites for hydroxylation is 2. The third-order valence-corrected chi connectivity index (χ3v) is 6.35. The minimum absolute atomic E-state index is 0.343. The number of benzene rings is 2. The summed E-state index contributed by atoms with van der Waals surface area (Å²) in [6.07, 6.45) is 17.3. The first-order valence-electron chi connectivity index (χ1n) is 12.0. The van der Waals surface area contributed by atoms with Gasteiger partial charge in [-0.3, -0.25) is 0 Å². The van der Waals surface area contributed by atoms with E-state index in [0.29, 0.717) is 23.5 Å². The highest BCUT2D eigenvalue weighted by molar-refractivity contribution is 5.65. The molecule has 0 radical (unpaired) electrons. The number of hydrogen-bond donors (Lipinski definition) is 0. The van der Waals surface area contributed by atoms with Crippen LogP contribution in [-0.2, 0) is 12.8 Å². The number of rotatable bonds is 10. The lowest BCUT2D eigenvalue weighted by molar-refractivity contribution is 0.501. The van der Waals surface area contributed by atoms with Gasteiger partial charge in [0.15, 0.2) is 11.6 Å². The summed E-state index contributed by atoms with van der Waals surface area (Å²) in [5, 5.41) is 0. The molecule has 0 aliphatic heterocycles. The van der Waals surface area contributed by atoms with Crippen molar-refractivity contribution < 1.29 is 8.78 Å². The molecule has 1 aliphatic carbocycles. The summed E-state index contributed by atoms with van der Waals surface area (Å²) in [5.74, 6) is -0.848. The number of unbranched alkanes of at least 4 members (excludes halogenated alkanes) is 1. The van der Waals surface area contributed by atoms with Crippen molar-refractivity contribution >= 4 is 0 Å². The van der Waals surface area contributed by atoms with Crippen molar-refractivity contribution in [3.05, 3.63) is 83.0 Å². The van der Waals surface area contributed by atoms with E-state index in [4.69, 9.17) is 0 Å². The molecule has 2 aromatic rings. The third-order valence-electron chi connectivity index (χ3n) is 6.35. The third kappa shape index (κ3) is 6.63. The first-order chi connectivity index (χ1) is 15.1. The molecule has 1 unspecified atom stereocenters. The number of allylic oxidation sites excluding steroid dienone is 4. The van der Waals surface area contributed by atoms with Gasteiger partial charge in [-0.1, -0.05) is 86.9 Å². The van der Waals surface area contributed by atoms with E-state index < -0.39 is 11.6 Å². The number of hydrogen-bond acceptors (Lipinski definition) is 0. The topological polar surface area (TPSA) is 0 Å². The summed E-state index contributed by atoms with van der Waals surface area (Å²) >= 11 is 0. The zero-order valence-corrected chi connectivity index (χ0v) is 19.1. The molecule has 0 spiro atoms. The van der Waals surface area contributed by atoms with E-state index in [0.717, 1.165) is 37.7 Å². The van der Waals surface area contributed by atoms with Gasteiger partial charge < -0.3 is 0 Å². The van der Waals surface area contributed by atoms with Crippen LogP contribution >= 0.6 is 0 Å². The first-order valence-corrected chi connectivity index (χ1v) is 12.0. The fourth-order valence-corrected chi connectivity index (χ4v) is 4.40. The molecule has 0 N–H and O–H groups in total. The van der Waals surface area contributed by atoms with Crippen LogP contribution in [0.25, 0.3) is 11.1 Å². The first kappa shape index (κ1) is 23.4. The van der Waals surface area contributed by atoms with Crippen LogP contribution in [0.15, 0.2) is 60.2 Å². The fraction of sp³-hybridized carbons (Fsp3) is 0.448. The Hall–Kier alpha value is -2.22. The molecule has 1 aliphatic rings. The monoisotopic (exact) mass is 422 g/mol. The van der Waals surface area contributed by atoms with Crippen molar-refractivity contribution in [3.8, 4) is 11.1 Å². The van der Waals surface area contributed by atoms with Crippen molar-refractivity contribution in [3.63, 3.8) is 0 Å². The van der Waals surface area contributed by atoms with Crippen LogP contribution in [0, 0.1) is 17.6 Å². The molecule has 2 heteroatoms. The summed E-state index contributed by atoms with van der Waals surface area (Å²) in [4.78, 5) is 0. The molecule has 0 amide bonds. The van der Waals surface area contributed by atoms with Gasteiger partial charge in [0.05, 0.1) is 0 Å². The van der Waals surface area contributed by atoms with Crippen LogP contribution in [0.2, 0.25) is 0 Å². The normalized spacial score (nSPS) is 16.6. The predicted molar refractivity (Wildman–Crippen MR) is 128 cm³/mol. The highest BCUT2D eigenvalue weighted by Crippen LogP contribution is 2.29. The Morgan fingerprint density at radius 3 is 2.39 bits per heavy atom. The Bertz CT molecular complexity index is 890. The van der Waals surface area contributed by atoms with Gasteiger partial charge in [-0.2, -0.15) is 0 Å². The van der Waals surface area contributed by atoms with Crippen LogP contribution < -0.4 is 0 Å². The van der Waals surface area contributed by atoms with Crippen molar-refractivity contribution in [2.75, 3.05) is 0 Å². The summed E-state index contributed by atoms with van der Waals surface area (Å²) < 4.78 is 29.4. The van der Waals surface area contributed by atoms with Crippen molar-refractivity contribution in [1.82, 2.24) is 0 Å². The Morgan fingerprint density at radius 1 is 0.903 bits per heavy atom. The smallest absolute Gasteiger partial charge is 0.166 e. The standard InChI is InChI=1S/C29H36F2/c1-3-5-9-23-16-18-25(19-17-23)27-21-20-26(28(30)29(27)31)11-7-6-10-24-14-12-22(8-4-2)13-15-24/h6,10,12,16-21,24H,3-5,7-9,11,13-15H2,1-2H3/b10-6+. The maximum atomic E-state index is 14.8. The fourth-order valence-electron chi connectivity index (χ4n) is 4.40. The van der Waals surface area contributed by atoms with Crippen molar-refractivity contribution in [2.24, 2.45) is 5.92 Å². The summed E-state index contributed by atoms with van der Waals surface area (Å²) in [5.41, 5.74) is 4.37. The zero-order valence-electron chi connectivity index (χ0n) is 19.1. The van der Waals surface area contributed by atoms with E-state index in [1.807, 2.05) is 24.3 Å². The van der Waals surface area contributed by atoms with Crippen molar-refractivity contribution in [2.45, 2.75) is 78.1 Å². The molecule has 0 saturated heterocycles. The van der Waals surface area contributed by atoms with E-state index in [-0.39, 0.29) is 0 Å². The van der Waals surface area contributed by atoms with Gasteiger partial charge in [-0.25, -0.2) is 8.78 Å². The summed E-state index contributed by atoms with van der Waals surface area (Å²) in [6.45, 7) is 4.39. The summed E-state index contributed by atoms with van der Waals surface area (Å²) in [6, 6.07) is 11.3. The van der Waals surface area contributed by atoms with Gasteiger partial charge >= 0.3 is 0 Å². The van der Waals surface area contributed by atoms with E-state index in [9.17, 15) is 8.78 Å². The Kier molecular flexibility index (Phi) is 9.06. The van der Waals surface area contributed by atoms with E-state index in [1.54, 1.807) is 17.7 Å². The van der Waals surface area contributed by atoms with Crippen LogP contribution in [0.5, 0.6) is 0 Å². The van der Waals surface area contributed by atoms with Gasteiger partial charge in [0.25, 0.3) is 0 Å². The van der Waals surface area contributed by atoms with Crippen molar-refractivity contribution in [1.29, 1.82) is 0 Å². The molecular formula is C29H36F2. The SMILES string of the molecule is CCCCc1ccc(-c2ccc(CC/C=C/C3CC=C(CCC)CC3)c(F)c2F)cc1. The second kappa shape index (κ2) is 12.0. The zero-order chi connectivity index (χ0) is 22.1. The second-order valence-corrected chi connectivity index (χ2v) is 8.81. The average molecular weight is 423 g/mol. The molecule has 3 rings (SSSR count). The minimum Gasteiger partial charge on any atom is -0.203 e. The lowest BCUT2D eigenvalue weighted by Crippen LogP contribution is -2.03. The predicted octanol–water partition coefficient (Wildman–Crippen LogP) is 8.99. The van der Waals surface area contributed by atoms with Gasteiger partial charge in [0, 0.05) is 5.56 Å². The van der Waals surface area contributed by atoms with Crippen LogP contribution in [0.1, 0.15) is 76.3 Å². The molecular weight excluding hydrogens is 386 g/mol. The molecule has 0 aromatic heterocycles. The Balaban J connectivity index is 1.57. The molecule has 0 bridgehead atoms. The molecule has 0 saturated carbocycles. The average Bonchev–Trinajstić information content (AvgIpc) is 2.80. The van der Waals surface area contributed by atoms with Gasteiger partial charge in [-0.15, -0.1) is 0 Å². The Labute approximate surface area is 187 Å². The molecule has 0 nitrogen and oxygen atoms in total. The highest BCUT2D eigenvalue weighted by atomic mass is 19.2. The number of halogens is 2. The lowest BCUT2D eigenvalue weighted by Gasteiger charge is -2.18. The summed E-state index contributed by atoms with van der Waals surface area (Å²) in [7, 11) is 0. The molecule has 31 heavy (non-hydrogen) atoms. The van der Waals surface area contributed by atoms with Gasteiger partial charge in [-0.05, 0) is 74.0 Å². The molecule has 2 aromatic carbocycles. The van der Waals surface area contributed by atoms with Gasteiger partial charge in [0.1, 0.15) is 0 Å². The molecule has 1 atom stereocenters. The largest absolute Gasteiger partial charge is 0.203 e. The molecule has 166 valence electrons. The highest BCUT2D eigenvalue weighted by Gasteiger charge is 2.15.